The highest BCUT2D eigenvalue weighted by Gasteiger charge is 2.27. The average Bonchev–Trinajstić information content (AvgIpc) is 2.96. The number of hydrogen-bond acceptors (Lipinski definition) is 3. The lowest BCUT2D eigenvalue weighted by molar-refractivity contribution is 0.143. The fourth-order valence-electron chi connectivity index (χ4n) is 2.50. The van der Waals surface area contributed by atoms with Gasteiger partial charge in [-0.15, -0.1) is 0 Å². The fraction of sp³-hybridized carbons (Fsp3) is 0.471. The zero-order chi connectivity index (χ0) is 15.9. The van der Waals surface area contributed by atoms with Crippen LogP contribution in [0.25, 0.3) is 0 Å². The van der Waals surface area contributed by atoms with E-state index >= 15 is 0 Å². The summed E-state index contributed by atoms with van der Waals surface area (Å²) in [4.78, 5) is 4.34. The number of hydrogen-bond donors (Lipinski definition) is 0. The Morgan fingerprint density at radius 3 is 2.59 bits per heavy atom. The average molecular weight is 365 g/mol. The fourth-order valence-corrected chi connectivity index (χ4v) is 2.87. The number of imidazole rings is 1. The molecule has 0 unspecified atom stereocenters. The first kappa shape index (κ1) is 15.4. The molecule has 0 bridgehead atoms. The summed E-state index contributed by atoms with van der Waals surface area (Å²) in [5.74, 6) is 0.874. The molecule has 0 amide bonds. The van der Waals surface area contributed by atoms with Crippen molar-refractivity contribution in [3.63, 3.8) is 0 Å². The number of rotatable bonds is 3. The van der Waals surface area contributed by atoms with Crippen LogP contribution in [0.1, 0.15) is 32.0 Å². The van der Waals surface area contributed by atoms with Crippen molar-refractivity contribution in [2.24, 2.45) is 0 Å². The third-order valence-corrected chi connectivity index (χ3v) is 4.69. The van der Waals surface area contributed by atoms with Crippen molar-refractivity contribution in [1.82, 2.24) is 9.55 Å². The van der Waals surface area contributed by atoms with Crippen LogP contribution in [0.15, 0.2) is 28.9 Å². The number of halogens is 1. The van der Waals surface area contributed by atoms with E-state index in [4.69, 9.17) is 9.47 Å². The van der Waals surface area contributed by atoms with Gasteiger partial charge in [0.15, 0.2) is 6.10 Å². The molecular formula is C17H21BrN2O2. The van der Waals surface area contributed by atoms with Crippen molar-refractivity contribution in [2.75, 3.05) is 6.61 Å². The van der Waals surface area contributed by atoms with Gasteiger partial charge in [0, 0.05) is 0 Å². The quantitative estimate of drug-likeness (QED) is 0.822. The molecule has 5 heteroatoms. The van der Waals surface area contributed by atoms with Gasteiger partial charge < -0.3 is 9.47 Å². The summed E-state index contributed by atoms with van der Waals surface area (Å²) in [5, 5.41) is 0. The summed E-state index contributed by atoms with van der Waals surface area (Å²) in [6, 6.07) is 8.96. The standard InChI is InChI=1S/C17H21BrN2O2/c1-11-15(18)19-16-20(11)9-14(22-16)10-21-13-7-5-12(6-8-13)17(2,3)4/h5-8,14H,9-10H2,1-4H3/t14-/m0/s1. The Hall–Kier alpha value is -1.49. The van der Waals surface area contributed by atoms with Gasteiger partial charge in [0.25, 0.3) is 6.01 Å². The number of ether oxygens (including phenoxy) is 2. The highest BCUT2D eigenvalue weighted by molar-refractivity contribution is 9.10. The van der Waals surface area contributed by atoms with Crippen LogP contribution in [0.4, 0.5) is 0 Å². The van der Waals surface area contributed by atoms with Crippen LogP contribution in [-0.2, 0) is 12.0 Å². The van der Waals surface area contributed by atoms with Gasteiger partial charge >= 0.3 is 0 Å². The molecule has 3 rings (SSSR count). The molecule has 2 heterocycles. The maximum atomic E-state index is 5.85. The zero-order valence-electron chi connectivity index (χ0n) is 13.4. The van der Waals surface area contributed by atoms with Crippen LogP contribution >= 0.6 is 15.9 Å². The van der Waals surface area contributed by atoms with Crippen LogP contribution in [0.3, 0.4) is 0 Å². The highest BCUT2D eigenvalue weighted by Crippen LogP contribution is 2.29. The summed E-state index contributed by atoms with van der Waals surface area (Å²) >= 11 is 3.42. The van der Waals surface area contributed by atoms with Gasteiger partial charge in [0.1, 0.15) is 17.0 Å². The SMILES string of the molecule is Cc1c(Br)nc2n1C[C@@H](COc1ccc(C(C)(C)C)cc1)O2. The van der Waals surface area contributed by atoms with Crippen LogP contribution in [0.2, 0.25) is 0 Å². The Morgan fingerprint density at radius 1 is 1.32 bits per heavy atom. The number of aromatic nitrogens is 2. The number of fused-ring (bicyclic) bond motifs is 1. The monoisotopic (exact) mass is 364 g/mol. The normalized spacial score (nSPS) is 17.2. The van der Waals surface area contributed by atoms with Crippen molar-refractivity contribution < 1.29 is 9.47 Å². The van der Waals surface area contributed by atoms with Gasteiger partial charge in [-0.05, 0) is 46.0 Å². The summed E-state index contributed by atoms with van der Waals surface area (Å²) in [6.07, 6.45) is 0.0107. The van der Waals surface area contributed by atoms with E-state index in [2.05, 4.69) is 58.4 Å². The minimum absolute atomic E-state index is 0.0107. The molecule has 1 atom stereocenters. The third-order valence-electron chi connectivity index (χ3n) is 3.94. The van der Waals surface area contributed by atoms with Crippen molar-refractivity contribution in [1.29, 1.82) is 0 Å². The third kappa shape index (κ3) is 3.00. The van der Waals surface area contributed by atoms with Crippen molar-refractivity contribution >= 4 is 15.9 Å². The Labute approximate surface area is 139 Å². The molecule has 22 heavy (non-hydrogen) atoms. The molecule has 0 saturated carbocycles. The second kappa shape index (κ2) is 5.61. The predicted octanol–water partition coefficient (Wildman–Crippen LogP) is 4.09. The molecule has 2 aromatic rings. The Balaban J connectivity index is 1.58. The Kier molecular flexibility index (Phi) is 3.93. The first-order valence-corrected chi connectivity index (χ1v) is 8.26. The van der Waals surface area contributed by atoms with Gasteiger partial charge in [-0.2, -0.15) is 4.98 Å². The molecule has 1 aromatic heterocycles. The second-order valence-electron chi connectivity index (χ2n) is 6.71. The minimum Gasteiger partial charge on any atom is -0.490 e. The van der Waals surface area contributed by atoms with E-state index in [0.717, 1.165) is 22.6 Å². The van der Waals surface area contributed by atoms with E-state index < -0.39 is 0 Å². The second-order valence-corrected chi connectivity index (χ2v) is 7.46. The van der Waals surface area contributed by atoms with Crippen molar-refractivity contribution in [3.8, 4) is 11.8 Å². The van der Waals surface area contributed by atoms with E-state index in [9.17, 15) is 0 Å². The molecule has 0 N–H and O–H groups in total. The topological polar surface area (TPSA) is 36.3 Å². The molecule has 0 saturated heterocycles. The summed E-state index contributed by atoms with van der Waals surface area (Å²) in [7, 11) is 0. The molecule has 1 aliphatic rings. The lowest BCUT2D eigenvalue weighted by Gasteiger charge is -2.19. The lowest BCUT2D eigenvalue weighted by Crippen LogP contribution is -2.24. The van der Waals surface area contributed by atoms with Crippen LogP contribution in [0.5, 0.6) is 11.8 Å². The predicted molar refractivity (Wildman–Crippen MR) is 89.7 cm³/mol. The van der Waals surface area contributed by atoms with Gasteiger partial charge in [-0.25, -0.2) is 0 Å². The smallest absolute Gasteiger partial charge is 0.298 e. The van der Waals surface area contributed by atoms with Crippen molar-refractivity contribution in [3.05, 3.63) is 40.1 Å². The summed E-state index contributed by atoms with van der Waals surface area (Å²) in [6.45, 7) is 9.94. The molecule has 0 radical (unpaired) electrons. The molecule has 0 spiro atoms. The molecule has 1 aliphatic heterocycles. The van der Waals surface area contributed by atoms with Crippen LogP contribution in [-0.4, -0.2) is 22.3 Å². The molecular weight excluding hydrogens is 344 g/mol. The van der Waals surface area contributed by atoms with E-state index in [1.54, 1.807) is 0 Å². The van der Waals surface area contributed by atoms with E-state index in [0.29, 0.717) is 12.6 Å². The van der Waals surface area contributed by atoms with Gasteiger partial charge in [-0.1, -0.05) is 32.9 Å². The minimum atomic E-state index is 0.0107. The maximum absolute atomic E-state index is 5.85. The van der Waals surface area contributed by atoms with E-state index in [1.807, 2.05) is 19.1 Å². The first-order chi connectivity index (χ1) is 10.3. The Bertz CT molecular complexity index is 671. The largest absolute Gasteiger partial charge is 0.490 e. The van der Waals surface area contributed by atoms with Gasteiger partial charge in [0.2, 0.25) is 0 Å². The zero-order valence-corrected chi connectivity index (χ0v) is 15.0. The molecule has 0 fully saturated rings. The maximum Gasteiger partial charge on any atom is 0.298 e. The van der Waals surface area contributed by atoms with Crippen LogP contribution < -0.4 is 9.47 Å². The summed E-state index contributed by atoms with van der Waals surface area (Å²) in [5.41, 5.74) is 2.55. The van der Waals surface area contributed by atoms with Crippen molar-refractivity contribution in [2.45, 2.75) is 45.8 Å². The Morgan fingerprint density at radius 2 is 2.00 bits per heavy atom. The van der Waals surface area contributed by atoms with Gasteiger partial charge in [-0.3, -0.25) is 4.57 Å². The van der Waals surface area contributed by atoms with E-state index in [-0.39, 0.29) is 11.5 Å². The molecule has 118 valence electrons. The van der Waals surface area contributed by atoms with E-state index in [1.165, 1.54) is 5.56 Å². The lowest BCUT2D eigenvalue weighted by atomic mass is 9.87. The number of nitrogens with zero attached hydrogens (tertiary/aromatic N) is 2. The molecule has 4 nitrogen and oxygen atoms in total. The molecule has 1 aromatic carbocycles. The number of benzene rings is 1. The molecule has 0 aliphatic carbocycles. The van der Waals surface area contributed by atoms with Crippen LogP contribution in [0, 0.1) is 6.92 Å². The van der Waals surface area contributed by atoms with Gasteiger partial charge in [0.05, 0.1) is 12.2 Å². The summed E-state index contributed by atoms with van der Waals surface area (Å²) < 4.78 is 14.6. The first-order valence-electron chi connectivity index (χ1n) is 7.47. The highest BCUT2D eigenvalue weighted by atomic mass is 79.9.